The van der Waals surface area contributed by atoms with Crippen LogP contribution < -0.4 is 0 Å². The molecule has 0 aliphatic carbocycles. The van der Waals surface area contributed by atoms with Crippen molar-refractivity contribution in [1.29, 1.82) is 0 Å². The normalized spacial score (nSPS) is 17.1. The molecule has 0 saturated carbocycles. The summed E-state index contributed by atoms with van der Waals surface area (Å²) in [6.45, 7) is 0. The number of rotatable bonds is 6. The van der Waals surface area contributed by atoms with E-state index in [0.29, 0.717) is 11.3 Å². The second kappa shape index (κ2) is 8.67. The van der Waals surface area contributed by atoms with Crippen molar-refractivity contribution in [3.05, 3.63) is 107 Å². The molecule has 172 valence electrons. The number of hydrogen-bond acceptors (Lipinski definition) is 7. The molecule has 0 fully saturated rings. The molecule has 0 spiro atoms. The van der Waals surface area contributed by atoms with Gasteiger partial charge in [-0.3, -0.25) is 14.8 Å². The van der Waals surface area contributed by atoms with E-state index in [2.05, 4.69) is 20.2 Å². The Morgan fingerprint density at radius 3 is 2.44 bits per heavy atom. The fourth-order valence-electron chi connectivity index (χ4n) is 4.05. The van der Waals surface area contributed by atoms with Gasteiger partial charge >= 0.3 is 6.43 Å². The minimum Gasteiger partial charge on any atom is -0.417 e. The fraction of sp³-hybridized carbons (Fsp3) is 0.174. The molecule has 0 saturated heterocycles. The first-order chi connectivity index (χ1) is 16.5. The summed E-state index contributed by atoms with van der Waals surface area (Å²) in [5.74, 6) is -2.23. The average Bonchev–Trinajstić information content (AvgIpc) is 3.44. The van der Waals surface area contributed by atoms with Crippen molar-refractivity contribution in [3.63, 3.8) is 0 Å². The van der Waals surface area contributed by atoms with Gasteiger partial charge in [0.2, 0.25) is 5.89 Å². The third-order valence-corrected chi connectivity index (χ3v) is 5.52. The van der Waals surface area contributed by atoms with Crippen molar-refractivity contribution < 1.29 is 27.5 Å². The topological polar surface area (TPSA) is 105 Å². The summed E-state index contributed by atoms with van der Waals surface area (Å²) in [6.07, 6.45) is -2.02. The zero-order chi connectivity index (χ0) is 23.8. The third-order valence-electron chi connectivity index (χ3n) is 5.52. The molecule has 1 aliphatic rings. The molecule has 1 amide bonds. The molecule has 5 rings (SSSR count). The van der Waals surface area contributed by atoms with Gasteiger partial charge in [-0.25, -0.2) is 4.39 Å². The molecule has 4 heterocycles. The maximum atomic E-state index is 13.6. The highest BCUT2D eigenvalue weighted by atomic mass is 19.3. The molecule has 8 nitrogen and oxygen atoms in total. The van der Waals surface area contributed by atoms with Crippen molar-refractivity contribution in [3.8, 4) is 0 Å². The van der Waals surface area contributed by atoms with Crippen LogP contribution in [-0.4, -0.2) is 36.1 Å². The van der Waals surface area contributed by atoms with Crippen molar-refractivity contribution >= 4 is 5.91 Å². The summed E-state index contributed by atoms with van der Waals surface area (Å²) in [5.41, 5.74) is 1.10. The van der Waals surface area contributed by atoms with Crippen LogP contribution in [0.3, 0.4) is 0 Å². The quantitative estimate of drug-likeness (QED) is 0.458. The average molecular weight is 467 g/mol. The molecule has 1 aliphatic heterocycles. The Labute approximate surface area is 190 Å². The number of amides is 1. The summed E-state index contributed by atoms with van der Waals surface area (Å²) in [7, 11) is 0. The minimum atomic E-state index is -3.00. The number of nitrogens with zero attached hydrogens (tertiary/aromatic N) is 5. The molecule has 1 N–H and O–H groups in total. The van der Waals surface area contributed by atoms with E-state index < -0.39 is 42.2 Å². The number of halogens is 3. The van der Waals surface area contributed by atoms with Crippen LogP contribution in [0.5, 0.6) is 0 Å². The van der Waals surface area contributed by atoms with Crippen molar-refractivity contribution in [2.24, 2.45) is 0 Å². The Kier molecular flexibility index (Phi) is 5.54. The molecule has 0 bridgehead atoms. The molecule has 1 aromatic carbocycles. The van der Waals surface area contributed by atoms with E-state index in [9.17, 15) is 23.1 Å². The summed E-state index contributed by atoms with van der Waals surface area (Å²) >= 11 is 0. The van der Waals surface area contributed by atoms with Crippen LogP contribution in [0, 0.1) is 5.82 Å². The van der Waals surface area contributed by atoms with E-state index in [-0.39, 0.29) is 17.1 Å². The molecule has 3 atom stereocenters. The number of hydrogen-bond donors (Lipinski definition) is 1. The van der Waals surface area contributed by atoms with Crippen LogP contribution in [0.15, 0.2) is 71.4 Å². The number of benzene rings is 1. The van der Waals surface area contributed by atoms with E-state index in [1.807, 2.05) is 0 Å². The van der Waals surface area contributed by atoms with Gasteiger partial charge < -0.3 is 14.4 Å². The second-order valence-electron chi connectivity index (χ2n) is 7.53. The number of pyridine rings is 2. The van der Waals surface area contributed by atoms with E-state index in [1.165, 1.54) is 17.2 Å². The van der Waals surface area contributed by atoms with E-state index in [4.69, 9.17) is 4.42 Å². The number of alkyl halides is 2. The van der Waals surface area contributed by atoms with Crippen LogP contribution in [0.2, 0.25) is 0 Å². The van der Waals surface area contributed by atoms with Gasteiger partial charge in [0.05, 0.1) is 17.6 Å². The molecule has 34 heavy (non-hydrogen) atoms. The Bertz CT molecular complexity index is 1320. The van der Waals surface area contributed by atoms with E-state index >= 15 is 0 Å². The summed E-state index contributed by atoms with van der Waals surface area (Å²) in [5, 5.41) is 18.5. The molecule has 3 aromatic heterocycles. The number of carbonyl (C=O) groups is 1. The molecule has 11 heteroatoms. The van der Waals surface area contributed by atoms with Gasteiger partial charge in [0.15, 0.2) is 0 Å². The Hall–Kier alpha value is -4.12. The first-order valence-electron chi connectivity index (χ1n) is 10.2. The number of carbonyl (C=O) groups excluding carboxylic acids is 1. The van der Waals surface area contributed by atoms with Crippen molar-refractivity contribution in [2.45, 2.75) is 24.6 Å². The lowest BCUT2D eigenvalue weighted by Crippen LogP contribution is -2.37. The zero-order valence-corrected chi connectivity index (χ0v) is 17.3. The third kappa shape index (κ3) is 3.69. The lowest BCUT2D eigenvalue weighted by atomic mass is 9.99. The van der Waals surface area contributed by atoms with Gasteiger partial charge in [0.1, 0.15) is 24.0 Å². The lowest BCUT2D eigenvalue weighted by Gasteiger charge is -2.34. The standard InChI is InChI=1S/C23H16F3N5O3/c24-12-8-9-16(28-11-12)19(32)18(15-7-3-4-10-27-15)31-17(21-29-30-22(34-21)20(25)26)13-5-1-2-6-14(13)23(31)33/h1-11,17-20,32H/t17?,18-,19+/m1/s1. The van der Waals surface area contributed by atoms with Gasteiger partial charge in [-0.1, -0.05) is 24.3 Å². The molecular formula is C23H16F3N5O3. The van der Waals surface area contributed by atoms with Crippen molar-refractivity contribution in [1.82, 2.24) is 25.1 Å². The molecule has 4 aromatic rings. The first-order valence-corrected chi connectivity index (χ1v) is 10.2. The predicted molar refractivity (Wildman–Crippen MR) is 110 cm³/mol. The van der Waals surface area contributed by atoms with Gasteiger partial charge in [-0.2, -0.15) is 8.78 Å². The first kappa shape index (κ1) is 21.7. The van der Waals surface area contributed by atoms with E-state index in [0.717, 1.165) is 12.3 Å². The zero-order valence-electron chi connectivity index (χ0n) is 17.3. The van der Waals surface area contributed by atoms with Gasteiger partial charge in [0, 0.05) is 11.8 Å². The largest absolute Gasteiger partial charge is 0.417 e. The van der Waals surface area contributed by atoms with Gasteiger partial charge in [-0.05, 0) is 35.9 Å². The number of aliphatic hydroxyl groups is 1. The highest BCUT2D eigenvalue weighted by molar-refractivity contribution is 5.99. The summed E-state index contributed by atoms with van der Waals surface area (Å²) in [6, 6.07) is 11.7. The number of fused-ring (bicyclic) bond motifs is 1. The number of aromatic nitrogens is 4. The second-order valence-corrected chi connectivity index (χ2v) is 7.53. The maximum absolute atomic E-state index is 13.6. The van der Waals surface area contributed by atoms with Crippen LogP contribution >= 0.6 is 0 Å². The van der Waals surface area contributed by atoms with Gasteiger partial charge in [0.25, 0.3) is 11.8 Å². The van der Waals surface area contributed by atoms with Gasteiger partial charge in [-0.15, -0.1) is 10.2 Å². The predicted octanol–water partition coefficient (Wildman–Crippen LogP) is 3.96. The molecular weight excluding hydrogens is 451 g/mol. The fourth-order valence-corrected chi connectivity index (χ4v) is 4.05. The Morgan fingerprint density at radius 1 is 0.971 bits per heavy atom. The van der Waals surface area contributed by atoms with E-state index in [1.54, 1.807) is 42.5 Å². The number of aliphatic hydroxyl groups excluding tert-OH is 1. The SMILES string of the molecule is O=C1c2ccccc2C(c2nnc(C(F)F)o2)N1[C@H](c1ccccn1)[C@@H](O)c1ccc(F)cn1. The maximum Gasteiger partial charge on any atom is 0.314 e. The smallest absolute Gasteiger partial charge is 0.314 e. The highest BCUT2D eigenvalue weighted by Gasteiger charge is 2.47. The summed E-state index contributed by atoms with van der Waals surface area (Å²) < 4.78 is 45.0. The minimum absolute atomic E-state index is 0.0818. The van der Waals surface area contributed by atoms with Crippen LogP contribution in [0.1, 0.15) is 63.7 Å². The van der Waals surface area contributed by atoms with Crippen LogP contribution in [0.25, 0.3) is 0 Å². The monoisotopic (exact) mass is 467 g/mol. The molecule has 1 unspecified atom stereocenters. The van der Waals surface area contributed by atoms with Crippen molar-refractivity contribution in [2.75, 3.05) is 0 Å². The molecule has 0 radical (unpaired) electrons. The Balaban J connectivity index is 1.68. The van der Waals surface area contributed by atoms with Crippen LogP contribution in [-0.2, 0) is 0 Å². The summed E-state index contributed by atoms with van der Waals surface area (Å²) in [4.78, 5) is 23.1. The lowest BCUT2D eigenvalue weighted by molar-refractivity contribution is 0.0219. The Morgan fingerprint density at radius 2 is 1.76 bits per heavy atom. The highest BCUT2D eigenvalue weighted by Crippen LogP contribution is 2.46. The van der Waals surface area contributed by atoms with Crippen LogP contribution in [0.4, 0.5) is 13.2 Å².